The molecule has 2 aliphatic rings. The number of aliphatic imine (C=N–C) groups is 1. The van der Waals surface area contributed by atoms with Gasteiger partial charge in [-0.05, 0) is 17.9 Å². The molecular formula is C26H27N3O4S. The van der Waals surface area contributed by atoms with E-state index in [4.69, 9.17) is 14.5 Å². The summed E-state index contributed by atoms with van der Waals surface area (Å²) in [5.41, 5.74) is 3.58. The van der Waals surface area contributed by atoms with Gasteiger partial charge in [0.2, 0.25) is 5.91 Å². The minimum absolute atomic E-state index is 0.118. The van der Waals surface area contributed by atoms with E-state index in [1.54, 1.807) is 14.0 Å². The third kappa shape index (κ3) is 5.08. The number of hydrogen-bond donors (Lipinski definition) is 1. The van der Waals surface area contributed by atoms with Gasteiger partial charge in [0.25, 0.3) is 0 Å². The number of fused-ring (bicyclic) bond motifs is 1. The Morgan fingerprint density at radius 2 is 1.79 bits per heavy atom. The number of ether oxygens (including phenoxy) is 2. The highest BCUT2D eigenvalue weighted by atomic mass is 32.2. The van der Waals surface area contributed by atoms with Crippen molar-refractivity contribution in [1.82, 2.24) is 10.2 Å². The number of carbonyl (C=O) groups excluding carboxylic acids is 2. The minimum atomic E-state index is -0.476. The molecule has 0 bridgehead atoms. The largest absolute Gasteiger partial charge is 0.463 e. The first-order valence-corrected chi connectivity index (χ1v) is 12.0. The predicted octanol–water partition coefficient (Wildman–Crippen LogP) is 4.11. The molecule has 0 radical (unpaired) electrons. The van der Waals surface area contributed by atoms with Crippen LogP contribution in [0.4, 0.5) is 0 Å². The zero-order valence-electron chi connectivity index (χ0n) is 19.2. The van der Waals surface area contributed by atoms with Gasteiger partial charge < -0.3 is 19.7 Å². The summed E-state index contributed by atoms with van der Waals surface area (Å²) in [4.78, 5) is 32.8. The Kier molecular flexibility index (Phi) is 7.82. The van der Waals surface area contributed by atoms with Gasteiger partial charge in [0.1, 0.15) is 0 Å². The molecule has 4 rings (SSSR count). The number of carbonyl (C=O) groups is 2. The monoisotopic (exact) mass is 477 g/mol. The van der Waals surface area contributed by atoms with Gasteiger partial charge in [-0.2, -0.15) is 0 Å². The van der Waals surface area contributed by atoms with E-state index in [1.807, 2.05) is 71.0 Å². The second-order valence-electron chi connectivity index (χ2n) is 7.67. The number of nitrogens with one attached hydrogen (secondary N) is 1. The van der Waals surface area contributed by atoms with Gasteiger partial charge in [0, 0.05) is 24.9 Å². The predicted molar refractivity (Wildman–Crippen MR) is 134 cm³/mol. The Morgan fingerprint density at radius 1 is 1.09 bits per heavy atom. The molecule has 1 N–H and O–H groups in total. The van der Waals surface area contributed by atoms with Crippen LogP contribution in [0.15, 0.2) is 82.3 Å². The summed E-state index contributed by atoms with van der Waals surface area (Å²) in [6.45, 7) is 2.92. The second-order valence-corrected chi connectivity index (χ2v) is 8.51. The lowest BCUT2D eigenvalue weighted by atomic mass is 9.91. The molecule has 2 aromatic carbocycles. The Labute approximate surface area is 203 Å². The highest BCUT2D eigenvalue weighted by Gasteiger charge is 2.42. The Morgan fingerprint density at radius 3 is 2.47 bits per heavy atom. The second kappa shape index (κ2) is 11.2. The molecule has 0 fully saturated rings. The zero-order chi connectivity index (χ0) is 23.9. The van der Waals surface area contributed by atoms with Crippen LogP contribution < -0.4 is 5.32 Å². The number of amides is 1. The van der Waals surface area contributed by atoms with E-state index in [0.717, 1.165) is 22.0 Å². The molecule has 8 heteroatoms. The molecule has 0 aromatic heterocycles. The fourth-order valence-electron chi connectivity index (χ4n) is 3.96. The van der Waals surface area contributed by atoms with Crippen molar-refractivity contribution in [2.45, 2.75) is 19.4 Å². The maximum Gasteiger partial charge on any atom is 0.338 e. The maximum atomic E-state index is 13.4. The summed E-state index contributed by atoms with van der Waals surface area (Å²) >= 11 is 1.45. The van der Waals surface area contributed by atoms with Crippen molar-refractivity contribution in [2.24, 2.45) is 4.99 Å². The summed E-state index contributed by atoms with van der Waals surface area (Å²) < 4.78 is 10.5. The van der Waals surface area contributed by atoms with Crippen LogP contribution in [-0.2, 0) is 19.1 Å². The third-order valence-corrected chi connectivity index (χ3v) is 6.33. The molecule has 176 valence electrons. The average molecular weight is 478 g/mol. The minimum Gasteiger partial charge on any atom is -0.463 e. The Balaban J connectivity index is 1.79. The van der Waals surface area contributed by atoms with Crippen LogP contribution in [0.1, 0.15) is 30.5 Å². The number of benzene rings is 2. The Bertz CT molecular complexity index is 1130. The molecule has 34 heavy (non-hydrogen) atoms. The average Bonchev–Trinajstić information content (AvgIpc) is 3.26. The fourth-order valence-corrected chi connectivity index (χ4v) is 4.88. The molecular weight excluding hydrogens is 450 g/mol. The molecule has 2 aromatic rings. The van der Waals surface area contributed by atoms with Gasteiger partial charge in [-0.25, -0.2) is 9.79 Å². The number of hydrogen-bond acceptors (Lipinski definition) is 7. The van der Waals surface area contributed by atoms with E-state index in [0.29, 0.717) is 24.4 Å². The first-order valence-electron chi connectivity index (χ1n) is 11.1. The SMILES string of the molecule is CCOC(=O)C1=C(c2ccccc2)N=C2SC=C(CC(=O)NCCOC)N2[C@@H]1c1ccccc1. The van der Waals surface area contributed by atoms with Crippen LogP contribution in [0, 0.1) is 0 Å². The van der Waals surface area contributed by atoms with Crippen molar-refractivity contribution in [3.05, 3.63) is 88.5 Å². The summed E-state index contributed by atoms with van der Waals surface area (Å²) in [6, 6.07) is 18.9. The first-order chi connectivity index (χ1) is 16.6. The van der Waals surface area contributed by atoms with Gasteiger partial charge in [-0.3, -0.25) is 4.79 Å². The molecule has 1 atom stereocenters. The smallest absolute Gasteiger partial charge is 0.338 e. The molecule has 0 saturated carbocycles. The van der Waals surface area contributed by atoms with Crippen LogP contribution >= 0.6 is 11.8 Å². The van der Waals surface area contributed by atoms with Gasteiger partial charge in [0.15, 0.2) is 5.17 Å². The van der Waals surface area contributed by atoms with Crippen molar-refractivity contribution in [3.63, 3.8) is 0 Å². The quantitative estimate of drug-likeness (QED) is 0.432. The van der Waals surface area contributed by atoms with E-state index in [9.17, 15) is 9.59 Å². The van der Waals surface area contributed by atoms with E-state index >= 15 is 0 Å². The van der Waals surface area contributed by atoms with Crippen LogP contribution in [0.5, 0.6) is 0 Å². The van der Waals surface area contributed by atoms with Gasteiger partial charge in [-0.15, -0.1) is 0 Å². The zero-order valence-corrected chi connectivity index (χ0v) is 20.0. The number of methoxy groups -OCH3 is 1. The highest BCUT2D eigenvalue weighted by molar-refractivity contribution is 8.16. The van der Waals surface area contributed by atoms with Crippen molar-refractivity contribution in [3.8, 4) is 0 Å². The summed E-state index contributed by atoms with van der Waals surface area (Å²) in [5.74, 6) is -0.536. The molecule has 2 aliphatic heterocycles. The van der Waals surface area contributed by atoms with Crippen LogP contribution in [0.3, 0.4) is 0 Å². The van der Waals surface area contributed by atoms with Gasteiger partial charge >= 0.3 is 5.97 Å². The van der Waals surface area contributed by atoms with E-state index < -0.39 is 12.0 Å². The van der Waals surface area contributed by atoms with Gasteiger partial charge in [-0.1, -0.05) is 72.4 Å². The topological polar surface area (TPSA) is 80.2 Å². The molecule has 7 nitrogen and oxygen atoms in total. The maximum absolute atomic E-state index is 13.4. The highest BCUT2D eigenvalue weighted by Crippen LogP contribution is 2.46. The van der Waals surface area contributed by atoms with E-state index in [-0.39, 0.29) is 18.9 Å². The molecule has 0 unspecified atom stereocenters. The summed E-state index contributed by atoms with van der Waals surface area (Å²) in [7, 11) is 1.59. The molecule has 2 heterocycles. The lowest BCUT2D eigenvalue weighted by Crippen LogP contribution is -2.38. The molecule has 1 amide bonds. The molecule has 0 spiro atoms. The first kappa shape index (κ1) is 23.8. The van der Waals surface area contributed by atoms with E-state index in [2.05, 4.69) is 5.32 Å². The number of rotatable bonds is 9. The fraction of sp³-hybridized carbons (Fsp3) is 0.269. The van der Waals surface area contributed by atoms with Crippen molar-refractivity contribution >= 4 is 34.5 Å². The number of thioether (sulfide) groups is 1. The number of nitrogens with zero attached hydrogens (tertiary/aromatic N) is 2. The Hall–Kier alpha value is -3.36. The standard InChI is InChI=1S/C26H27N3O4S/c1-3-33-25(31)22-23(18-10-6-4-7-11-18)28-26-29(24(22)19-12-8-5-9-13-19)20(17-34-26)16-21(30)27-14-15-32-2/h4-13,17,24H,3,14-16H2,1-2H3,(H,27,30)/t24-/m1/s1. The van der Waals surface area contributed by atoms with Crippen LogP contribution in [0.25, 0.3) is 5.70 Å². The van der Waals surface area contributed by atoms with Gasteiger partial charge in [0.05, 0.1) is 36.9 Å². The lowest BCUT2D eigenvalue weighted by molar-refractivity contribution is -0.139. The van der Waals surface area contributed by atoms with Crippen molar-refractivity contribution in [2.75, 3.05) is 26.9 Å². The lowest BCUT2D eigenvalue weighted by Gasteiger charge is -2.36. The number of esters is 1. The number of amidine groups is 1. The molecule has 0 saturated heterocycles. The summed E-state index contributed by atoms with van der Waals surface area (Å²) in [6.07, 6.45) is 0.163. The van der Waals surface area contributed by atoms with E-state index in [1.165, 1.54) is 11.8 Å². The molecule has 0 aliphatic carbocycles. The van der Waals surface area contributed by atoms with Crippen molar-refractivity contribution < 1.29 is 19.1 Å². The van der Waals surface area contributed by atoms with Crippen molar-refractivity contribution in [1.29, 1.82) is 0 Å². The van der Waals surface area contributed by atoms with Crippen LogP contribution in [-0.4, -0.2) is 48.8 Å². The third-order valence-electron chi connectivity index (χ3n) is 5.44. The summed E-state index contributed by atoms with van der Waals surface area (Å²) in [5, 5.41) is 5.52. The van der Waals surface area contributed by atoms with Crippen LogP contribution in [0.2, 0.25) is 0 Å². The normalized spacial score (nSPS) is 17.1.